The van der Waals surface area contributed by atoms with Gasteiger partial charge in [0.2, 0.25) is 0 Å². The average molecular weight is 214 g/mol. The molecule has 0 aliphatic carbocycles. The smallest absolute Gasteiger partial charge is 0.0545 e. The van der Waals surface area contributed by atoms with Crippen molar-refractivity contribution in [2.75, 3.05) is 0 Å². The Kier molecular flexibility index (Phi) is 8.13. The molecule has 0 aliphatic heterocycles. The van der Waals surface area contributed by atoms with E-state index in [1.165, 1.54) is 19.3 Å². The highest BCUT2D eigenvalue weighted by molar-refractivity contribution is 4.64. The van der Waals surface area contributed by atoms with Crippen molar-refractivity contribution in [1.29, 1.82) is 0 Å². The minimum atomic E-state index is -0.0842. The Balaban J connectivity index is 3.50. The lowest BCUT2D eigenvalue weighted by atomic mass is 9.92. The predicted molar refractivity (Wildman–Crippen MR) is 67.9 cm³/mol. The van der Waals surface area contributed by atoms with Gasteiger partial charge in [-0.25, -0.2) is 0 Å². The molecule has 0 aromatic heterocycles. The van der Waals surface area contributed by atoms with Gasteiger partial charge >= 0.3 is 0 Å². The third kappa shape index (κ3) is 10.2. The predicted octanol–water partition coefficient (Wildman–Crippen LogP) is 4.25. The van der Waals surface area contributed by atoms with Crippen molar-refractivity contribution >= 4 is 0 Å². The Morgan fingerprint density at radius 1 is 0.800 bits per heavy atom. The van der Waals surface area contributed by atoms with Gasteiger partial charge in [0.25, 0.3) is 0 Å². The molecule has 92 valence electrons. The van der Waals surface area contributed by atoms with Crippen LogP contribution in [0.3, 0.4) is 0 Å². The molecule has 0 aromatic rings. The normalized spacial score (nSPS) is 16.0. The average Bonchev–Trinajstić information content (AvgIpc) is 2.00. The topological polar surface area (TPSA) is 20.2 Å². The lowest BCUT2D eigenvalue weighted by Crippen LogP contribution is -2.14. The first-order chi connectivity index (χ1) is 6.91. The Labute approximate surface area is 96.3 Å². The maximum atomic E-state index is 9.80. The molecule has 0 fully saturated rings. The SMILES string of the molecule is CC(C)CCCC(C)CC(O)CC(C)C. The summed E-state index contributed by atoms with van der Waals surface area (Å²) < 4.78 is 0. The van der Waals surface area contributed by atoms with Gasteiger partial charge in [0.15, 0.2) is 0 Å². The van der Waals surface area contributed by atoms with Crippen LogP contribution in [0.1, 0.15) is 66.7 Å². The first-order valence-electron chi connectivity index (χ1n) is 6.59. The summed E-state index contributed by atoms with van der Waals surface area (Å²) in [5, 5.41) is 9.80. The summed E-state index contributed by atoms with van der Waals surface area (Å²) in [4.78, 5) is 0. The van der Waals surface area contributed by atoms with Crippen LogP contribution in [-0.4, -0.2) is 11.2 Å². The fourth-order valence-corrected chi connectivity index (χ4v) is 2.10. The van der Waals surface area contributed by atoms with E-state index in [1.54, 1.807) is 0 Å². The summed E-state index contributed by atoms with van der Waals surface area (Å²) in [6, 6.07) is 0. The van der Waals surface area contributed by atoms with Crippen LogP contribution in [0.4, 0.5) is 0 Å². The third-order valence-electron chi connectivity index (χ3n) is 2.90. The van der Waals surface area contributed by atoms with Crippen LogP contribution in [0.15, 0.2) is 0 Å². The minimum absolute atomic E-state index is 0.0842. The van der Waals surface area contributed by atoms with E-state index in [4.69, 9.17) is 0 Å². The van der Waals surface area contributed by atoms with E-state index in [0.29, 0.717) is 11.8 Å². The van der Waals surface area contributed by atoms with Crippen molar-refractivity contribution in [1.82, 2.24) is 0 Å². The van der Waals surface area contributed by atoms with Crippen molar-refractivity contribution in [3.05, 3.63) is 0 Å². The Morgan fingerprint density at radius 2 is 1.40 bits per heavy atom. The van der Waals surface area contributed by atoms with Crippen molar-refractivity contribution in [2.45, 2.75) is 72.8 Å². The molecule has 0 aliphatic rings. The first-order valence-corrected chi connectivity index (χ1v) is 6.59. The molecule has 0 radical (unpaired) electrons. The van der Waals surface area contributed by atoms with E-state index >= 15 is 0 Å². The maximum absolute atomic E-state index is 9.80. The van der Waals surface area contributed by atoms with Crippen LogP contribution < -0.4 is 0 Å². The van der Waals surface area contributed by atoms with Gasteiger partial charge in [0.05, 0.1) is 6.10 Å². The fraction of sp³-hybridized carbons (Fsp3) is 1.00. The monoisotopic (exact) mass is 214 g/mol. The van der Waals surface area contributed by atoms with Gasteiger partial charge in [-0.15, -0.1) is 0 Å². The lowest BCUT2D eigenvalue weighted by molar-refractivity contribution is 0.120. The highest BCUT2D eigenvalue weighted by atomic mass is 16.3. The molecule has 0 spiro atoms. The van der Waals surface area contributed by atoms with Crippen molar-refractivity contribution in [2.24, 2.45) is 17.8 Å². The van der Waals surface area contributed by atoms with Gasteiger partial charge in [0.1, 0.15) is 0 Å². The quantitative estimate of drug-likeness (QED) is 0.640. The minimum Gasteiger partial charge on any atom is -0.393 e. The van der Waals surface area contributed by atoms with E-state index < -0.39 is 0 Å². The van der Waals surface area contributed by atoms with E-state index in [0.717, 1.165) is 18.8 Å². The Hall–Kier alpha value is -0.0400. The van der Waals surface area contributed by atoms with Gasteiger partial charge in [0, 0.05) is 0 Å². The van der Waals surface area contributed by atoms with Crippen molar-refractivity contribution < 1.29 is 5.11 Å². The number of hydrogen-bond acceptors (Lipinski definition) is 1. The van der Waals surface area contributed by atoms with Crippen LogP contribution in [0.2, 0.25) is 0 Å². The number of aliphatic hydroxyl groups excluding tert-OH is 1. The van der Waals surface area contributed by atoms with E-state index in [1.807, 2.05) is 0 Å². The number of hydrogen-bond donors (Lipinski definition) is 1. The Morgan fingerprint density at radius 3 is 1.87 bits per heavy atom. The maximum Gasteiger partial charge on any atom is 0.0545 e. The molecular weight excluding hydrogens is 184 g/mol. The van der Waals surface area contributed by atoms with Crippen LogP contribution in [0.5, 0.6) is 0 Å². The summed E-state index contributed by atoms with van der Waals surface area (Å²) in [6.07, 6.45) is 5.76. The van der Waals surface area contributed by atoms with E-state index in [-0.39, 0.29) is 6.10 Å². The first kappa shape index (κ1) is 15.0. The van der Waals surface area contributed by atoms with E-state index in [2.05, 4.69) is 34.6 Å². The molecule has 15 heavy (non-hydrogen) atoms. The molecule has 0 bridgehead atoms. The summed E-state index contributed by atoms with van der Waals surface area (Å²) >= 11 is 0. The summed E-state index contributed by atoms with van der Waals surface area (Å²) in [7, 11) is 0. The molecule has 0 rings (SSSR count). The highest BCUT2D eigenvalue weighted by Gasteiger charge is 2.11. The summed E-state index contributed by atoms with van der Waals surface area (Å²) in [5.41, 5.74) is 0. The van der Waals surface area contributed by atoms with Crippen LogP contribution in [0, 0.1) is 17.8 Å². The Bertz CT molecular complexity index is 140. The van der Waals surface area contributed by atoms with Gasteiger partial charge in [-0.05, 0) is 30.6 Å². The number of rotatable bonds is 8. The standard InChI is InChI=1S/C14H30O/c1-11(2)7-6-8-13(5)10-14(15)9-12(3)4/h11-15H,6-10H2,1-5H3. The largest absolute Gasteiger partial charge is 0.393 e. The fourth-order valence-electron chi connectivity index (χ4n) is 2.10. The van der Waals surface area contributed by atoms with Crippen molar-refractivity contribution in [3.63, 3.8) is 0 Å². The third-order valence-corrected chi connectivity index (χ3v) is 2.90. The summed E-state index contributed by atoms with van der Waals surface area (Å²) in [5.74, 6) is 2.11. The van der Waals surface area contributed by atoms with Gasteiger partial charge in [-0.3, -0.25) is 0 Å². The highest BCUT2D eigenvalue weighted by Crippen LogP contribution is 2.19. The molecule has 0 saturated heterocycles. The molecule has 0 aromatic carbocycles. The van der Waals surface area contributed by atoms with Crippen LogP contribution in [-0.2, 0) is 0 Å². The molecule has 1 nitrogen and oxygen atoms in total. The molecule has 0 amide bonds. The molecule has 0 heterocycles. The molecule has 0 saturated carbocycles. The second kappa shape index (κ2) is 8.15. The molecule has 1 heteroatoms. The van der Waals surface area contributed by atoms with Gasteiger partial charge in [-0.2, -0.15) is 0 Å². The zero-order chi connectivity index (χ0) is 11.8. The zero-order valence-corrected chi connectivity index (χ0v) is 11.3. The molecular formula is C14H30O. The van der Waals surface area contributed by atoms with E-state index in [9.17, 15) is 5.11 Å². The van der Waals surface area contributed by atoms with Crippen LogP contribution in [0.25, 0.3) is 0 Å². The van der Waals surface area contributed by atoms with Gasteiger partial charge < -0.3 is 5.11 Å². The van der Waals surface area contributed by atoms with Gasteiger partial charge in [-0.1, -0.05) is 53.9 Å². The zero-order valence-electron chi connectivity index (χ0n) is 11.3. The lowest BCUT2D eigenvalue weighted by Gasteiger charge is -2.18. The second-order valence-corrected chi connectivity index (χ2v) is 5.95. The summed E-state index contributed by atoms with van der Waals surface area (Å²) in [6.45, 7) is 11.2. The molecule has 2 unspecified atom stereocenters. The molecule has 2 atom stereocenters. The molecule has 1 N–H and O–H groups in total. The van der Waals surface area contributed by atoms with Crippen LogP contribution >= 0.6 is 0 Å². The van der Waals surface area contributed by atoms with Crippen molar-refractivity contribution in [3.8, 4) is 0 Å². The number of aliphatic hydroxyl groups is 1. The second-order valence-electron chi connectivity index (χ2n) is 5.95.